The Morgan fingerprint density at radius 1 is 0.443 bits per heavy atom. The van der Waals surface area contributed by atoms with Crippen LogP contribution in [0.4, 0.5) is 45.5 Å². The Morgan fingerprint density at radius 3 is 1.09 bits per heavy atom. The van der Waals surface area contributed by atoms with E-state index < -0.39 is 0 Å². The zero-order valence-electron chi connectivity index (χ0n) is 45.2. The number of unbranched alkanes of at least 4 members (excludes halogenated alkanes) is 3. The zero-order chi connectivity index (χ0) is 55.4. The van der Waals surface area contributed by atoms with Crippen LogP contribution in [0.5, 0.6) is 0 Å². The number of benzene rings is 7. The molecule has 13 heteroatoms. The largest absolute Gasteiger partial charge is 0.396 e. The molecule has 2 heterocycles. The van der Waals surface area contributed by atoms with Crippen LogP contribution in [0.1, 0.15) is 140 Å². The van der Waals surface area contributed by atoms with Crippen molar-refractivity contribution in [3.05, 3.63) is 192 Å². The fourth-order valence-corrected chi connectivity index (χ4v) is 10.0. The van der Waals surface area contributed by atoms with Crippen molar-refractivity contribution in [1.82, 2.24) is 20.0 Å². The van der Waals surface area contributed by atoms with Crippen LogP contribution in [0.3, 0.4) is 0 Å². The van der Waals surface area contributed by atoms with Gasteiger partial charge in [-0.25, -0.2) is 0 Å². The number of nitrogens with two attached hydrogens (primary N) is 1. The van der Waals surface area contributed by atoms with E-state index in [1.165, 1.54) is 0 Å². The van der Waals surface area contributed by atoms with E-state index in [9.17, 15) is 19.2 Å². The van der Waals surface area contributed by atoms with Crippen molar-refractivity contribution < 1.29 is 19.2 Å². The topological polar surface area (TPSA) is 157 Å². The van der Waals surface area contributed by atoms with Gasteiger partial charge in [0.25, 0.3) is 0 Å². The number of pyridine rings is 1. The van der Waals surface area contributed by atoms with Gasteiger partial charge in [-0.15, -0.1) is 10.2 Å². The van der Waals surface area contributed by atoms with Gasteiger partial charge in [0.05, 0.1) is 11.4 Å². The number of ketones is 4. The van der Waals surface area contributed by atoms with Crippen LogP contribution in [-0.2, 0) is 12.4 Å². The van der Waals surface area contributed by atoms with E-state index in [1.807, 2.05) is 165 Å². The second kappa shape index (κ2) is 25.6. The molecule has 0 aliphatic heterocycles. The fraction of sp³-hybridized carbons (Fsp3) is 0.227. The van der Waals surface area contributed by atoms with Gasteiger partial charge in [0.15, 0.2) is 23.1 Å². The highest BCUT2D eigenvalue weighted by Crippen LogP contribution is 2.48. The molecular weight excluding hydrogens is 1000 g/mol. The number of carbonyl (C=O) groups is 4. The first kappa shape index (κ1) is 55.0. The first-order valence-corrected chi connectivity index (χ1v) is 27.7. The molecular formula is C66H64N8O4S. The average molecular weight is 1070 g/mol. The van der Waals surface area contributed by atoms with Gasteiger partial charge in [-0.05, 0) is 170 Å². The number of hydrogen-bond acceptors (Lipinski definition) is 12. The Balaban J connectivity index is 1.13. The van der Waals surface area contributed by atoms with Gasteiger partial charge >= 0.3 is 0 Å². The smallest absolute Gasteiger partial charge is 0.162 e. The lowest BCUT2D eigenvalue weighted by molar-refractivity contribution is 0.0972. The predicted molar refractivity (Wildman–Crippen MR) is 322 cm³/mol. The Bertz CT molecular complexity index is 3540. The SMILES string of the molecule is CCCCC(=O)c1ccc(N(c2ccc(C(=O)CCCC)cc2)c2ccc(-c3c(N)c(N=S)c(-c4ccc(N(c5ccc(C(=O)CCC)cc5)c5ccc(C(=O)CCCC)cc5)cc4)c4nn(-c5ccncc5)nc34)cc2)cc1. The number of nitrogen functional groups attached to an aromatic ring is 1. The summed E-state index contributed by atoms with van der Waals surface area (Å²) in [6, 6.07) is 50.2. The fourth-order valence-electron chi connectivity index (χ4n) is 9.84. The molecule has 2 N–H and O–H groups in total. The molecule has 0 aliphatic carbocycles. The number of aromatic nitrogens is 4. The van der Waals surface area contributed by atoms with E-state index in [2.05, 4.69) is 39.9 Å². The van der Waals surface area contributed by atoms with E-state index in [-0.39, 0.29) is 23.1 Å². The lowest BCUT2D eigenvalue weighted by Gasteiger charge is -2.26. The zero-order valence-corrected chi connectivity index (χ0v) is 46.0. The van der Waals surface area contributed by atoms with Gasteiger partial charge in [-0.3, -0.25) is 24.2 Å². The molecule has 0 spiro atoms. The number of nitrogens with zero attached hydrogens (tertiary/aromatic N) is 7. The summed E-state index contributed by atoms with van der Waals surface area (Å²) in [5.74, 6) is 0.419. The second-order valence-corrected chi connectivity index (χ2v) is 19.9. The van der Waals surface area contributed by atoms with Gasteiger partial charge in [0.1, 0.15) is 16.7 Å². The highest BCUT2D eigenvalue weighted by atomic mass is 32.1. The van der Waals surface area contributed by atoms with Crippen LogP contribution in [0.25, 0.3) is 39.0 Å². The molecule has 0 radical (unpaired) electrons. The molecule has 0 saturated heterocycles. The van der Waals surface area contributed by atoms with Crippen molar-refractivity contribution in [3.8, 4) is 27.9 Å². The third-order valence-electron chi connectivity index (χ3n) is 14.2. The molecule has 0 atom stereocenters. The molecule has 0 bridgehead atoms. The first-order valence-electron chi connectivity index (χ1n) is 27.4. The van der Waals surface area contributed by atoms with Gasteiger partial charge in [0.2, 0.25) is 0 Å². The monoisotopic (exact) mass is 1060 g/mol. The Morgan fingerprint density at radius 2 is 0.759 bits per heavy atom. The van der Waals surface area contributed by atoms with Gasteiger partial charge in [0, 0.05) is 118 Å². The van der Waals surface area contributed by atoms with Crippen molar-refractivity contribution in [3.63, 3.8) is 0 Å². The number of rotatable bonds is 25. The highest BCUT2D eigenvalue weighted by molar-refractivity contribution is 7.47. The summed E-state index contributed by atoms with van der Waals surface area (Å²) in [6.07, 6.45) is 11.4. The minimum absolute atomic E-state index is 0.0914. The van der Waals surface area contributed by atoms with Crippen molar-refractivity contribution in [1.29, 1.82) is 0 Å². The lowest BCUT2D eigenvalue weighted by Crippen LogP contribution is -2.11. The quantitative estimate of drug-likeness (QED) is 0.0429. The molecule has 12 nitrogen and oxygen atoms in total. The van der Waals surface area contributed by atoms with Crippen LogP contribution in [0.2, 0.25) is 0 Å². The predicted octanol–water partition coefficient (Wildman–Crippen LogP) is 17.1. The maximum Gasteiger partial charge on any atom is 0.162 e. The van der Waals surface area contributed by atoms with Crippen LogP contribution in [0, 0.1) is 0 Å². The first-order chi connectivity index (χ1) is 38.5. The molecule has 0 amide bonds. The van der Waals surface area contributed by atoms with Crippen molar-refractivity contribution >= 4 is 92.1 Å². The van der Waals surface area contributed by atoms with Crippen LogP contribution in [-0.4, -0.2) is 43.1 Å². The average Bonchev–Trinajstić information content (AvgIpc) is 4.16. The summed E-state index contributed by atoms with van der Waals surface area (Å²) in [4.78, 5) is 62.0. The van der Waals surface area contributed by atoms with Gasteiger partial charge in [-0.1, -0.05) is 71.2 Å². The summed E-state index contributed by atoms with van der Waals surface area (Å²) in [5.41, 5.74) is 20.0. The molecule has 9 aromatic rings. The van der Waals surface area contributed by atoms with Crippen LogP contribution in [0.15, 0.2) is 174 Å². The normalized spacial score (nSPS) is 11.1. The summed E-state index contributed by atoms with van der Waals surface area (Å²) in [6.45, 7) is 8.22. The number of anilines is 7. The van der Waals surface area contributed by atoms with E-state index in [0.717, 1.165) is 90.2 Å². The lowest BCUT2D eigenvalue weighted by atomic mass is 9.93. The molecule has 398 valence electrons. The Kier molecular flexibility index (Phi) is 17.8. The molecule has 0 unspecified atom stereocenters. The number of hydrogen-bond donors (Lipinski definition) is 1. The molecule has 2 aromatic heterocycles. The van der Waals surface area contributed by atoms with E-state index in [1.54, 1.807) is 17.2 Å². The number of carbonyl (C=O) groups excluding carboxylic acids is 4. The van der Waals surface area contributed by atoms with Crippen molar-refractivity contribution in [2.45, 2.75) is 98.3 Å². The molecule has 0 fully saturated rings. The van der Waals surface area contributed by atoms with Crippen LogP contribution < -0.4 is 15.5 Å². The molecule has 0 saturated carbocycles. The Hall–Kier alpha value is -8.81. The molecule has 7 aromatic carbocycles. The van der Waals surface area contributed by atoms with E-state index in [4.69, 9.17) is 28.4 Å². The maximum absolute atomic E-state index is 13.0. The van der Waals surface area contributed by atoms with Gasteiger partial charge in [-0.2, -0.15) is 9.16 Å². The van der Waals surface area contributed by atoms with Crippen molar-refractivity contribution in [2.24, 2.45) is 4.36 Å². The molecule has 0 aliphatic rings. The minimum Gasteiger partial charge on any atom is -0.396 e. The third kappa shape index (κ3) is 12.2. The highest BCUT2D eigenvalue weighted by Gasteiger charge is 2.26. The van der Waals surface area contributed by atoms with Crippen molar-refractivity contribution in [2.75, 3.05) is 15.5 Å². The Labute approximate surface area is 467 Å². The summed E-state index contributed by atoms with van der Waals surface area (Å²) in [7, 11) is 0. The molecule has 79 heavy (non-hydrogen) atoms. The third-order valence-corrected chi connectivity index (χ3v) is 14.4. The molecule has 9 rings (SSSR count). The summed E-state index contributed by atoms with van der Waals surface area (Å²) in [5, 5.41) is 10.2. The summed E-state index contributed by atoms with van der Waals surface area (Å²) < 4.78 is 4.44. The number of Topliss-reactive ketones (excluding diaryl/α,β-unsaturated/α-hetero) is 4. The number of fused-ring (bicyclic) bond motifs is 1. The standard InChI is InChI=1S/C66H64N8O4S/c1-5-9-13-58(76)45-18-30-51(31-19-45)72(52-32-20-46(21-33-52)59(77)14-10-6-2)54-36-24-48(25-37-54)61-63(67)64(71-79)62(66-65(61)69-74(70-66)56-40-42-68-43-41-56)49-26-38-55(39-27-49)73(50-28-16-44(17-29-50)57(75)12-8-4)53-34-22-47(23-35-53)60(78)15-11-7-3/h16-43H,5-15,67H2,1-4H3. The summed E-state index contributed by atoms with van der Waals surface area (Å²) >= 11 is 5.59. The second-order valence-electron chi connectivity index (χ2n) is 19.7. The maximum atomic E-state index is 13.0. The minimum atomic E-state index is 0.0914. The van der Waals surface area contributed by atoms with E-state index in [0.29, 0.717) is 87.2 Å². The van der Waals surface area contributed by atoms with Crippen LogP contribution >= 0.6 is 0 Å². The van der Waals surface area contributed by atoms with Gasteiger partial charge < -0.3 is 15.5 Å². The van der Waals surface area contributed by atoms with E-state index >= 15 is 0 Å².